The van der Waals surface area contributed by atoms with Gasteiger partial charge in [-0.3, -0.25) is 14.8 Å². The molecule has 0 saturated carbocycles. The van der Waals surface area contributed by atoms with Crippen molar-refractivity contribution in [3.05, 3.63) is 83.3 Å². The molecule has 0 aliphatic heterocycles. The molecule has 0 saturated heterocycles. The van der Waals surface area contributed by atoms with E-state index in [1.807, 2.05) is 56.3 Å². The maximum Gasteiger partial charge on any atom is 0.251 e. The van der Waals surface area contributed by atoms with Crippen LogP contribution < -0.4 is 5.32 Å². The van der Waals surface area contributed by atoms with Gasteiger partial charge in [0.25, 0.3) is 5.91 Å². The Morgan fingerprint density at radius 2 is 1.92 bits per heavy atom. The molecule has 0 atom stereocenters. The molecule has 1 amide bonds. The maximum absolute atomic E-state index is 12.3. The first-order chi connectivity index (χ1) is 11.6. The summed E-state index contributed by atoms with van der Waals surface area (Å²) in [6, 6.07) is 13.5. The van der Waals surface area contributed by atoms with Crippen LogP contribution in [0, 0.1) is 13.8 Å². The molecule has 0 bridgehead atoms. The van der Waals surface area contributed by atoms with Gasteiger partial charge in [-0.2, -0.15) is 0 Å². The van der Waals surface area contributed by atoms with Gasteiger partial charge >= 0.3 is 0 Å². The number of hydrogen-bond acceptors (Lipinski definition) is 3. The van der Waals surface area contributed by atoms with Gasteiger partial charge < -0.3 is 5.32 Å². The quantitative estimate of drug-likeness (QED) is 0.798. The molecule has 2 heterocycles. The smallest absolute Gasteiger partial charge is 0.251 e. The van der Waals surface area contributed by atoms with E-state index in [1.54, 1.807) is 18.6 Å². The third-order valence-corrected chi connectivity index (χ3v) is 4.00. The summed E-state index contributed by atoms with van der Waals surface area (Å²) >= 11 is 0. The van der Waals surface area contributed by atoms with Crippen LogP contribution in [0.15, 0.2) is 61.1 Å². The number of hydrogen-bond donors (Lipinski definition) is 1. The molecule has 1 aromatic carbocycles. The van der Waals surface area contributed by atoms with Crippen molar-refractivity contribution in [2.24, 2.45) is 0 Å². The zero-order chi connectivity index (χ0) is 16.9. The summed E-state index contributed by atoms with van der Waals surface area (Å²) in [6.07, 6.45) is 5.26. The van der Waals surface area contributed by atoms with Gasteiger partial charge in [0.05, 0.1) is 5.69 Å². The van der Waals surface area contributed by atoms with E-state index in [2.05, 4.69) is 15.3 Å². The van der Waals surface area contributed by atoms with E-state index in [1.165, 1.54) is 5.56 Å². The monoisotopic (exact) mass is 317 g/mol. The molecule has 4 nitrogen and oxygen atoms in total. The topological polar surface area (TPSA) is 54.9 Å². The van der Waals surface area contributed by atoms with Crippen molar-refractivity contribution < 1.29 is 4.79 Å². The Bertz CT molecular complexity index is 860. The largest absolute Gasteiger partial charge is 0.348 e. The van der Waals surface area contributed by atoms with E-state index in [0.717, 1.165) is 22.4 Å². The van der Waals surface area contributed by atoms with Crippen molar-refractivity contribution >= 4 is 5.91 Å². The Balaban J connectivity index is 1.70. The number of carbonyl (C=O) groups is 1. The second-order valence-electron chi connectivity index (χ2n) is 5.77. The molecule has 3 aromatic rings. The number of carbonyl (C=O) groups excluding carboxylic acids is 1. The van der Waals surface area contributed by atoms with E-state index >= 15 is 0 Å². The van der Waals surface area contributed by atoms with Crippen LogP contribution in [0.3, 0.4) is 0 Å². The third kappa shape index (κ3) is 3.66. The van der Waals surface area contributed by atoms with Gasteiger partial charge in [0.1, 0.15) is 0 Å². The number of rotatable bonds is 4. The van der Waals surface area contributed by atoms with Crippen LogP contribution >= 0.6 is 0 Å². The number of pyridine rings is 2. The van der Waals surface area contributed by atoms with Crippen molar-refractivity contribution in [3.63, 3.8) is 0 Å². The van der Waals surface area contributed by atoms with Crippen molar-refractivity contribution in [1.82, 2.24) is 15.3 Å². The number of benzene rings is 1. The lowest BCUT2D eigenvalue weighted by Crippen LogP contribution is -2.23. The van der Waals surface area contributed by atoms with Crippen LogP contribution in [0.5, 0.6) is 0 Å². The van der Waals surface area contributed by atoms with E-state index in [4.69, 9.17) is 0 Å². The second kappa shape index (κ2) is 7.04. The van der Waals surface area contributed by atoms with E-state index in [9.17, 15) is 4.79 Å². The lowest BCUT2D eigenvalue weighted by Gasteiger charge is -2.08. The Morgan fingerprint density at radius 1 is 1.04 bits per heavy atom. The lowest BCUT2D eigenvalue weighted by atomic mass is 10.1. The van der Waals surface area contributed by atoms with Gasteiger partial charge in [-0.05, 0) is 66.9 Å². The van der Waals surface area contributed by atoms with Crippen molar-refractivity contribution in [3.8, 4) is 11.3 Å². The summed E-state index contributed by atoms with van der Waals surface area (Å²) in [7, 11) is 0. The molecule has 2 aromatic heterocycles. The summed E-state index contributed by atoms with van der Waals surface area (Å²) < 4.78 is 0. The van der Waals surface area contributed by atoms with Gasteiger partial charge in [0, 0.05) is 36.3 Å². The molecule has 0 radical (unpaired) electrons. The molecule has 4 heteroatoms. The number of nitrogens with zero attached hydrogens (tertiary/aromatic N) is 2. The first-order valence-corrected chi connectivity index (χ1v) is 7.84. The van der Waals surface area contributed by atoms with E-state index < -0.39 is 0 Å². The van der Waals surface area contributed by atoms with Gasteiger partial charge in [0.2, 0.25) is 0 Å². The van der Waals surface area contributed by atoms with Crippen LogP contribution in [0.1, 0.15) is 27.0 Å². The molecule has 3 rings (SSSR count). The zero-order valence-corrected chi connectivity index (χ0v) is 13.8. The minimum atomic E-state index is -0.0714. The van der Waals surface area contributed by atoms with Crippen LogP contribution in [-0.2, 0) is 6.54 Å². The minimum Gasteiger partial charge on any atom is -0.348 e. The first kappa shape index (κ1) is 15.9. The number of nitrogens with one attached hydrogen (secondary N) is 1. The Morgan fingerprint density at radius 3 is 2.67 bits per heavy atom. The summed E-state index contributed by atoms with van der Waals surface area (Å²) in [5.74, 6) is -0.0714. The minimum absolute atomic E-state index is 0.0714. The van der Waals surface area contributed by atoms with Crippen LogP contribution in [0.25, 0.3) is 11.3 Å². The summed E-state index contributed by atoms with van der Waals surface area (Å²) in [4.78, 5) is 20.8. The van der Waals surface area contributed by atoms with Crippen LogP contribution in [0.4, 0.5) is 0 Å². The summed E-state index contributed by atoms with van der Waals surface area (Å²) in [5.41, 5.74) is 5.79. The zero-order valence-electron chi connectivity index (χ0n) is 13.8. The Hall–Kier alpha value is -3.01. The van der Waals surface area contributed by atoms with Gasteiger partial charge in [-0.15, -0.1) is 0 Å². The lowest BCUT2D eigenvalue weighted by molar-refractivity contribution is 0.0951. The molecule has 0 spiro atoms. The van der Waals surface area contributed by atoms with Gasteiger partial charge in [-0.25, -0.2) is 0 Å². The van der Waals surface area contributed by atoms with E-state index in [-0.39, 0.29) is 5.91 Å². The maximum atomic E-state index is 12.3. The standard InChI is InChI=1S/C20H19N3O/c1-14-5-6-17(10-15(14)2)20(24)23-12-16-7-9-22-19(11-16)18-4-3-8-21-13-18/h3-11,13H,12H2,1-2H3,(H,23,24). The molecule has 0 aliphatic rings. The SMILES string of the molecule is Cc1ccc(C(=O)NCc2ccnc(-c3cccnc3)c2)cc1C. The fourth-order valence-corrected chi connectivity index (χ4v) is 2.42. The summed E-state index contributed by atoms with van der Waals surface area (Å²) in [6.45, 7) is 4.50. The second-order valence-corrected chi connectivity index (χ2v) is 5.77. The molecular weight excluding hydrogens is 298 g/mol. The van der Waals surface area contributed by atoms with Gasteiger partial charge in [-0.1, -0.05) is 6.07 Å². The van der Waals surface area contributed by atoms with Gasteiger partial charge in [0.15, 0.2) is 0 Å². The molecule has 0 aliphatic carbocycles. The van der Waals surface area contributed by atoms with E-state index in [0.29, 0.717) is 12.1 Å². The number of aryl methyl sites for hydroxylation is 2. The third-order valence-electron chi connectivity index (χ3n) is 4.00. The highest BCUT2D eigenvalue weighted by Gasteiger charge is 2.07. The summed E-state index contributed by atoms with van der Waals surface area (Å²) in [5, 5.41) is 2.96. The van der Waals surface area contributed by atoms with Crippen molar-refractivity contribution in [2.75, 3.05) is 0 Å². The van der Waals surface area contributed by atoms with Crippen molar-refractivity contribution in [2.45, 2.75) is 20.4 Å². The average molecular weight is 317 g/mol. The fraction of sp³-hybridized carbons (Fsp3) is 0.150. The highest BCUT2D eigenvalue weighted by molar-refractivity contribution is 5.94. The number of amides is 1. The molecule has 0 unspecified atom stereocenters. The first-order valence-electron chi connectivity index (χ1n) is 7.84. The number of aromatic nitrogens is 2. The highest BCUT2D eigenvalue weighted by atomic mass is 16.1. The molecular formula is C20H19N3O. The fourth-order valence-electron chi connectivity index (χ4n) is 2.42. The average Bonchev–Trinajstić information content (AvgIpc) is 2.63. The molecule has 1 N–H and O–H groups in total. The highest BCUT2D eigenvalue weighted by Crippen LogP contribution is 2.16. The van der Waals surface area contributed by atoms with Crippen LogP contribution in [-0.4, -0.2) is 15.9 Å². The Labute approximate surface area is 141 Å². The predicted octanol–water partition coefficient (Wildman–Crippen LogP) is 3.69. The Kier molecular flexibility index (Phi) is 4.66. The molecule has 0 fully saturated rings. The molecule has 120 valence electrons. The normalized spacial score (nSPS) is 10.4. The molecule has 24 heavy (non-hydrogen) atoms. The van der Waals surface area contributed by atoms with Crippen molar-refractivity contribution in [1.29, 1.82) is 0 Å². The predicted molar refractivity (Wildman–Crippen MR) is 94.6 cm³/mol. The van der Waals surface area contributed by atoms with Crippen LogP contribution in [0.2, 0.25) is 0 Å².